The van der Waals surface area contributed by atoms with Gasteiger partial charge in [-0.25, -0.2) is 9.67 Å². The minimum atomic E-state index is 0.121. The van der Waals surface area contributed by atoms with Gasteiger partial charge in [0.1, 0.15) is 5.75 Å². The molecule has 17 heavy (non-hydrogen) atoms. The highest BCUT2D eigenvalue weighted by atomic mass is 16.3. The van der Waals surface area contributed by atoms with Crippen LogP contribution in [-0.2, 0) is 7.05 Å². The third-order valence-electron chi connectivity index (χ3n) is 2.56. The van der Waals surface area contributed by atoms with Crippen LogP contribution in [-0.4, -0.2) is 19.9 Å². The average Bonchev–Trinajstić information content (AvgIpc) is 2.61. The number of hydrogen-bond acceptors (Lipinski definition) is 4. The Kier molecular flexibility index (Phi) is 2.75. The topological polar surface area (TPSA) is 77.0 Å². The molecule has 1 heterocycles. The number of aromatic hydroxyl groups is 1. The van der Waals surface area contributed by atoms with Gasteiger partial charge >= 0.3 is 0 Å². The fraction of sp³-hybridized carbons (Fsp3) is 0.333. The van der Waals surface area contributed by atoms with Gasteiger partial charge in [-0.3, -0.25) is 0 Å². The molecule has 0 aliphatic rings. The molecule has 0 unspecified atom stereocenters. The van der Waals surface area contributed by atoms with E-state index in [0.29, 0.717) is 17.1 Å². The van der Waals surface area contributed by atoms with Gasteiger partial charge in [0.15, 0.2) is 11.6 Å². The SMILES string of the molecule is CC(C)c1nc(-c2ccc(N)cc2O)n(C)n1. The van der Waals surface area contributed by atoms with Crippen LogP contribution in [0.5, 0.6) is 5.75 Å². The predicted molar refractivity (Wildman–Crippen MR) is 66.6 cm³/mol. The Balaban J connectivity index is 2.52. The summed E-state index contributed by atoms with van der Waals surface area (Å²) in [6, 6.07) is 5.00. The Morgan fingerprint density at radius 1 is 1.35 bits per heavy atom. The maximum absolute atomic E-state index is 9.86. The van der Waals surface area contributed by atoms with Gasteiger partial charge in [-0.05, 0) is 12.1 Å². The maximum atomic E-state index is 9.86. The number of hydrogen-bond donors (Lipinski definition) is 2. The third-order valence-corrected chi connectivity index (χ3v) is 2.56. The van der Waals surface area contributed by atoms with Crippen molar-refractivity contribution >= 4 is 5.69 Å². The van der Waals surface area contributed by atoms with E-state index in [9.17, 15) is 5.11 Å². The first-order valence-corrected chi connectivity index (χ1v) is 5.49. The van der Waals surface area contributed by atoms with E-state index in [1.807, 2.05) is 20.9 Å². The van der Waals surface area contributed by atoms with Crippen molar-refractivity contribution in [1.82, 2.24) is 14.8 Å². The number of benzene rings is 1. The minimum Gasteiger partial charge on any atom is -0.507 e. The van der Waals surface area contributed by atoms with E-state index in [2.05, 4.69) is 10.1 Å². The van der Waals surface area contributed by atoms with Crippen molar-refractivity contribution in [2.75, 3.05) is 5.73 Å². The molecule has 3 N–H and O–H groups in total. The molecule has 5 nitrogen and oxygen atoms in total. The normalized spacial score (nSPS) is 11.1. The van der Waals surface area contributed by atoms with Gasteiger partial charge in [0, 0.05) is 24.7 Å². The van der Waals surface area contributed by atoms with Crippen LogP contribution in [0.3, 0.4) is 0 Å². The smallest absolute Gasteiger partial charge is 0.161 e. The monoisotopic (exact) mass is 232 g/mol. The summed E-state index contributed by atoms with van der Waals surface area (Å²) in [6.07, 6.45) is 0. The van der Waals surface area contributed by atoms with Crippen LogP contribution in [0, 0.1) is 0 Å². The van der Waals surface area contributed by atoms with Crippen LogP contribution in [0.25, 0.3) is 11.4 Å². The zero-order valence-electron chi connectivity index (χ0n) is 10.2. The molecule has 0 radical (unpaired) electrons. The predicted octanol–water partition coefficient (Wildman–Crippen LogP) is 1.89. The fourth-order valence-electron chi connectivity index (χ4n) is 1.62. The van der Waals surface area contributed by atoms with Crippen LogP contribution in [0.2, 0.25) is 0 Å². The molecule has 0 saturated carbocycles. The molecule has 5 heteroatoms. The summed E-state index contributed by atoms with van der Waals surface area (Å²) >= 11 is 0. The number of nitrogens with two attached hydrogens (primary N) is 1. The molecule has 2 aromatic rings. The Labute approximate surface area is 99.9 Å². The van der Waals surface area contributed by atoms with E-state index in [-0.39, 0.29) is 11.7 Å². The van der Waals surface area contributed by atoms with Crippen LogP contribution >= 0.6 is 0 Å². The quantitative estimate of drug-likeness (QED) is 0.775. The summed E-state index contributed by atoms with van der Waals surface area (Å²) in [5.41, 5.74) is 6.76. The largest absolute Gasteiger partial charge is 0.507 e. The van der Waals surface area contributed by atoms with Gasteiger partial charge < -0.3 is 10.8 Å². The summed E-state index contributed by atoms with van der Waals surface area (Å²) < 4.78 is 1.67. The molecule has 0 fully saturated rings. The lowest BCUT2D eigenvalue weighted by Gasteiger charge is -2.03. The number of aryl methyl sites for hydroxylation is 1. The van der Waals surface area contributed by atoms with Gasteiger partial charge in [0.05, 0.1) is 5.56 Å². The summed E-state index contributed by atoms with van der Waals surface area (Å²) in [7, 11) is 1.81. The minimum absolute atomic E-state index is 0.121. The molecule has 1 aromatic heterocycles. The van der Waals surface area contributed by atoms with Crippen LogP contribution in [0.4, 0.5) is 5.69 Å². The van der Waals surface area contributed by atoms with Crippen molar-refractivity contribution in [3.05, 3.63) is 24.0 Å². The van der Waals surface area contributed by atoms with Crippen LogP contribution in [0.15, 0.2) is 18.2 Å². The number of rotatable bonds is 2. The number of nitrogens with zero attached hydrogens (tertiary/aromatic N) is 3. The molecular formula is C12H16N4O. The standard InChI is InChI=1S/C12H16N4O/c1-7(2)11-14-12(16(3)15-11)9-5-4-8(13)6-10(9)17/h4-7,17H,13H2,1-3H3. The highest BCUT2D eigenvalue weighted by molar-refractivity contribution is 5.67. The summed E-state index contributed by atoms with van der Waals surface area (Å²) in [6.45, 7) is 4.06. The summed E-state index contributed by atoms with van der Waals surface area (Å²) in [5, 5.41) is 14.2. The number of anilines is 1. The zero-order chi connectivity index (χ0) is 12.6. The number of nitrogen functional groups attached to an aromatic ring is 1. The second-order valence-corrected chi connectivity index (χ2v) is 4.35. The van der Waals surface area contributed by atoms with E-state index >= 15 is 0 Å². The molecule has 0 aliphatic heterocycles. The highest BCUT2D eigenvalue weighted by Gasteiger charge is 2.14. The van der Waals surface area contributed by atoms with Gasteiger partial charge in [-0.2, -0.15) is 5.10 Å². The molecule has 0 aliphatic carbocycles. The molecule has 90 valence electrons. The van der Waals surface area contributed by atoms with Crippen LogP contribution in [0.1, 0.15) is 25.6 Å². The van der Waals surface area contributed by atoms with E-state index in [0.717, 1.165) is 5.82 Å². The average molecular weight is 232 g/mol. The Hall–Kier alpha value is -2.04. The van der Waals surface area contributed by atoms with Crippen molar-refractivity contribution in [2.45, 2.75) is 19.8 Å². The van der Waals surface area contributed by atoms with Crippen molar-refractivity contribution < 1.29 is 5.11 Å². The van der Waals surface area contributed by atoms with Gasteiger partial charge in [0.2, 0.25) is 0 Å². The van der Waals surface area contributed by atoms with Crippen LogP contribution < -0.4 is 5.73 Å². The van der Waals surface area contributed by atoms with Crippen molar-refractivity contribution in [2.24, 2.45) is 7.05 Å². The first-order chi connectivity index (χ1) is 7.99. The Morgan fingerprint density at radius 2 is 2.06 bits per heavy atom. The van der Waals surface area contributed by atoms with Crippen molar-refractivity contribution in [3.8, 4) is 17.1 Å². The van der Waals surface area contributed by atoms with E-state index in [1.54, 1.807) is 16.8 Å². The summed E-state index contributed by atoms with van der Waals surface area (Å²) in [4.78, 5) is 4.42. The first-order valence-electron chi connectivity index (χ1n) is 5.49. The van der Waals surface area contributed by atoms with Gasteiger partial charge in [-0.15, -0.1) is 0 Å². The van der Waals surface area contributed by atoms with Crippen molar-refractivity contribution in [3.63, 3.8) is 0 Å². The molecule has 0 spiro atoms. The number of aromatic nitrogens is 3. The second kappa shape index (κ2) is 4.08. The Bertz CT molecular complexity index is 545. The van der Waals surface area contributed by atoms with E-state index < -0.39 is 0 Å². The Morgan fingerprint density at radius 3 is 2.59 bits per heavy atom. The van der Waals surface area contributed by atoms with E-state index in [1.165, 1.54) is 6.07 Å². The van der Waals surface area contributed by atoms with E-state index in [4.69, 9.17) is 5.73 Å². The fourth-order valence-corrected chi connectivity index (χ4v) is 1.62. The first kappa shape index (κ1) is 11.4. The molecule has 2 rings (SSSR count). The lowest BCUT2D eigenvalue weighted by molar-refractivity contribution is 0.476. The van der Waals surface area contributed by atoms with Crippen molar-refractivity contribution in [1.29, 1.82) is 0 Å². The number of phenolic OH excluding ortho intramolecular Hbond substituents is 1. The lowest BCUT2D eigenvalue weighted by atomic mass is 10.1. The molecule has 0 bridgehead atoms. The third kappa shape index (κ3) is 2.08. The maximum Gasteiger partial charge on any atom is 0.161 e. The highest BCUT2D eigenvalue weighted by Crippen LogP contribution is 2.29. The molecule has 0 amide bonds. The molecule has 0 saturated heterocycles. The zero-order valence-corrected chi connectivity index (χ0v) is 10.2. The molecular weight excluding hydrogens is 216 g/mol. The molecule has 0 atom stereocenters. The lowest BCUT2D eigenvalue weighted by Crippen LogP contribution is -1.96. The summed E-state index contributed by atoms with van der Waals surface area (Å²) in [5.74, 6) is 1.78. The van der Waals surface area contributed by atoms with Gasteiger partial charge in [-0.1, -0.05) is 13.8 Å². The molecule has 1 aromatic carbocycles. The second-order valence-electron chi connectivity index (χ2n) is 4.35. The van der Waals surface area contributed by atoms with Gasteiger partial charge in [0.25, 0.3) is 0 Å². The number of phenols is 1.